The van der Waals surface area contributed by atoms with E-state index in [-0.39, 0.29) is 24.7 Å². The van der Waals surface area contributed by atoms with Crippen LogP contribution in [0.1, 0.15) is 23.1 Å². The summed E-state index contributed by atoms with van der Waals surface area (Å²) < 4.78 is 25.4. The highest BCUT2D eigenvalue weighted by Crippen LogP contribution is 2.20. The highest BCUT2D eigenvalue weighted by Gasteiger charge is 2.25. The van der Waals surface area contributed by atoms with Gasteiger partial charge in [0.15, 0.2) is 0 Å². The van der Waals surface area contributed by atoms with Crippen LogP contribution in [0.4, 0.5) is 4.39 Å². The number of aliphatic hydroxyl groups is 2. The lowest BCUT2D eigenvalue weighted by atomic mass is 10.0. The molecule has 0 aromatic heterocycles. The van der Waals surface area contributed by atoms with E-state index < -0.39 is 19.7 Å². The molecule has 13 heteroatoms. The number of halogens is 1. The Morgan fingerprint density at radius 2 is 1.29 bits per heavy atom. The van der Waals surface area contributed by atoms with Crippen LogP contribution in [0.25, 0.3) is 0 Å². The van der Waals surface area contributed by atoms with E-state index in [0.717, 1.165) is 40.3 Å². The van der Waals surface area contributed by atoms with Gasteiger partial charge in [0.25, 0.3) is 0 Å². The molecule has 3 rings (SSSR count). The Morgan fingerprint density at radius 1 is 0.780 bits per heavy atom. The van der Waals surface area contributed by atoms with Crippen molar-refractivity contribution in [2.24, 2.45) is 0 Å². The van der Waals surface area contributed by atoms with E-state index in [9.17, 15) is 39.2 Å². The molecule has 2 aromatic rings. The smallest absolute Gasteiger partial charge is 0.127 e. The third-order valence-corrected chi connectivity index (χ3v) is 8.59. The molecule has 0 aliphatic carbocycles. The first-order valence-electron chi connectivity index (χ1n) is 14.3. The van der Waals surface area contributed by atoms with Crippen LogP contribution in [0.3, 0.4) is 0 Å². The van der Waals surface area contributed by atoms with Crippen molar-refractivity contribution in [1.82, 2.24) is 4.90 Å². The van der Waals surface area contributed by atoms with Crippen LogP contribution < -0.4 is 24.5 Å². The van der Waals surface area contributed by atoms with Crippen molar-refractivity contribution in [2.45, 2.75) is 25.9 Å². The molecular weight excluding hydrogens is 554 g/mol. The predicted octanol–water partition coefficient (Wildman–Crippen LogP) is -4.30. The van der Waals surface area contributed by atoms with Crippen LogP contribution in [0.5, 0.6) is 11.5 Å². The van der Waals surface area contributed by atoms with Crippen molar-refractivity contribution in [3.05, 3.63) is 58.9 Å². The largest absolute Gasteiger partial charge is 0.807 e. The number of hydrogen-bond acceptors (Lipinski definition) is 8. The van der Waals surface area contributed by atoms with Crippen molar-refractivity contribution in [3.63, 3.8) is 0 Å². The van der Waals surface area contributed by atoms with E-state index in [1.807, 2.05) is 17.0 Å². The van der Waals surface area contributed by atoms with E-state index in [1.165, 1.54) is 18.2 Å². The molecule has 0 bridgehead atoms. The van der Waals surface area contributed by atoms with Gasteiger partial charge >= 0.3 is 0 Å². The average Bonchev–Trinajstić information content (AvgIpc) is 2.99. The van der Waals surface area contributed by atoms with Crippen LogP contribution >= 0.6 is 7.60 Å². The van der Waals surface area contributed by atoms with E-state index >= 15 is 0 Å². The summed E-state index contributed by atoms with van der Waals surface area (Å²) in [5.41, 5.74) is 2.32. The number of phenolic OH excluding ortho intramolecular Hbond substituents is 2. The second-order valence-electron chi connectivity index (χ2n) is 11.0. The van der Waals surface area contributed by atoms with Gasteiger partial charge < -0.3 is 49.5 Å². The number of quaternary nitrogens is 3. The summed E-state index contributed by atoms with van der Waals surface area (Å²) in [4.78, 5) is 28.0. The van der Waals surface area contributed by atoms with Gasteiger partial charge in [0.2, 0.25) is 0 Å². The van der Waals surface area contributed by atoms with Crippen LogP contribution in [0.2, 0.25) is 0 Å². The second-order valence-corrected chi connectivity index (χ2v) is 12.5. The maximum Gasteiger partial charge on any atom is 0.127 e. The van der Waals surface area contributed by atoms with Crippen molar-refractivity contribution in [3.8, 4) is 11.5 Å². The van der Waals surface area contributed by atoms with Gasteiger partial charge in [-0.05, 0) is 62.9 Å². The minimum Gasteiger partial charge on any atom is -0.807 e. The first-order valence-corrected chi connectivity index (χ1v) is 16.0. The number of aliphatic hydroxyl groups excluding tert-OH is 2. The van der Waals surface area contributed by atoms with Crippen molar-refractivity contribution < 1.29 is 53.9 Å². The summed E-state index contributed by atoms with van der Waals surface area (Å²) in [6, 6.07) is 9.40. The van der Waals surface area contributed by atoms with Gasteiger partial charge in [0, 0.05) is 18.7 Å². The molecule has 0 amide bonds. The predicted molar refractivity (Wildman–Crippen MR) is 147 cm³/mol. The molecule has 230 valence electrons. The maximum absolute atomic E-state index is 13.8. The van der Waals surface area contributed by atoms with Gasteiger partial charge in [-0.25, -0.2) is 4.39 Å². The van der Waals surface area contributed by atoms with E-state index in [0.29, 0.717) is 75.9 Å². The molecule has 1 fully saturated rings. The molecule has 1 aliphatic rings. The molecule has 1 heterocycles. The fraction of sp³-hybridized carbons (Fsp3) is 0.571. The number of hydrogen-bond donors (Lipinski definition) is 7. The Morgan fingerprint density at radius 3 is 1.83 bits per heavy atom. The number of aromatic hydroxyl groups is 2. The fourth-order valence-electron chi connectivity index (χ4n) is 5.52. The molecule has 3 atom stereocenters. The van der Waals surface area contributed by atoms with Crippen LogP contribution in [0, 0.1) is 5.82 Å². The molecule has 1 saturated heterocycles. The van der Waals surface area contributed by atoms with E-state index in [1.54, 1.807) is 6.07 Å². The van der Waals surface area contributed by atoms with E-state index in [2.05, 4.69) is 0 Å². The topological polar surface area (TPSA) is 161 Å². The molecule has 0 radical (unpaired) electrons. The Bertz CT molecular complexity index is 1130. The van der Waals surface area contributed by atoms with Crippen molar-refractivity contribution >= 4 is 7.60 Å². The molecule has 2 aromatic carbocycles. The Labute approximate surface area is 241 Å². The summed E-state index contributed by atoms with van der Waals surface area (Å²) in [7, 11) is -4.73. The van der Waals surface area contributed by atoms with Gasteiger partial charge in [0.1, 0.15) is 76.0 Å². The fourth-order valence-corrected chi connectivity index (χ4v) is 6.38. The van der Waals surface area contributed by atoms with E-state index in [4.69, 9.17) is 0 Å². The average molecular weight is 600 g/mol. The number of nitrogens with zero attached hydrogens (tertiary/aromatic N) is 1. The summed E-state index contributed by atoms with van der Waals surface area (Å²) in [5, 5.41) is 39.3. The highest BCUT2D eigenvalue weighted by atomic mass is 31.2. The highest BCUT2D eigenvalue weighted by molar-refractivity contribution is 7.48. The van der Waals surface area contributed by atoms with Crippen LogP contribution in [-0.4, -0.2) is 104 Å². The molecule has 0 saturated carbocycles. The monoisotopic (exact) mass is 599 g/mol. The minimum atomic E-state index is -4.73. The number of nitrogens with one attached hydrogen (secondary N) is 3. The maximum atomic E-state index is 13.8. The summed E-state index contributed by atoms with van der Waals surface area (Å²) >= 11 is 0. The third-order valence-electron chi connectivity index (χ3n) is 7.75. The Kier molecular flexibility index (Phi) is 13.4. The summed E-state index contributed by atoms with van der Waals surface area (Å²) in [6.07, 6.45) is 1.11. The van der Waals surface area contributed by atoms with Gasteiger partial charge in [-0.2, -0.15) is 0 Å². The van der Waals surface area contributed by atoms with Crippen molar-refractivity contribution in [2.75, 3.05) is 78.4 Å². The first kappa shape index (κ1) is 33.4. The van der Waals surface area contributed by atoms with Crippen molar-refractivity contribution in [1.29, 1.82) is 0 Å². The SMILES string of the molecule is O=P([O-])([O-])C[NH+]1CC[NH+](Cc2cc(F)ccc2O)CC[NH+](Cc2cc(CCCN(CCO)CCO)ccc2O)CC1. The van der Waals surface area contributed by atoms with Crippen LogP contribution in [-0.2, 0) is 24.1 Å². The normalized spacial score (nSPS) is 20.5. The quantitative estimate of drug-likeness (QED) is 0.107. The lowest BCUT2D eigenvalue weighted by Crippen LogP contribution is -3.20. The standard InChI is InChI=1S/C28H44FN4O7P/c29-26-4-6-28(37)25(19-26)21-32-9-8-31(10-12-33(13-11-32)22-41(38,39)40)20-24-18-23(3-5-27(24)36)2-1-7-30(14-16-34)15-17-35/h3-6,18-19,34-37H,1-2,7-17,20-22H2,(H2,38,39,40)/p+1. The zero-order chi connectivity index (χ0) is 29.8. The molecule has 11 nitrogen and oxygen atoms in total. The van der Waals surface area contributed by atoms with Gasteiger partial charge in [-0.1, -0.05) is 6.07 Å². The number of rotatable bonds is 14. The number of benzene rings is 2. The lowest BCUT2D eigenvalue weighted by Gasteiger charge is -2.33. The Balaban J connectivity index is 1.70. The number of aryl methyl sites for hydroxylation is 1. The van der Waals surface area contributed by atoms with Crippen LogP contribution in [0.15, 0.2) is 36.4 Å². The zero-order valence-electron chi connectivity index (χ0n) is 23.6. The first-order chi connectivity index (χ1) is 19.6. The third kappa shape index (κ3) is 12.0. The zero-order valence-corrected chi connectivity index (χ0v) is 24.5. The minimum absolute atomic E-state index is 0.00775. The molecule has 0 spiro atoms. The van der Waals surface area contributed by atoms with Gasteiger partial charge in [-0.15, -0.1) is 0 Å². The van der Waals surface area contributed by atoms with Gasteiger partial charge in [-0.3, -0.25) is 4.90 Å². The summed E-state index contributed by atoms with van der Waals surface area (Å²) in [5.74, 6) is -0.247. The molecule has 1 aliphatic heterocycles. The number of phenols is 2. The summed E-state index contributed by atoms with van der Waals surface area (Å²) in [6.45, 7) is 6.16. The molecule has 3 unspecified atom stereocenters. The molecule has 7 N–H and O–H groups in total. The lowest BCUT2D eigenvalue weighted by molar-refractivity contribution is -0.968. The second kappa shape index (κ2) is 16.5. The molecular formula is C28H45FN4O7P+. The molecule has 41 heavy (non-hydrogen) atoms. The van der Waals surface area contributed by atoms with Gasteiger partial charge in [0.05, 0.1) is 18.8 Å². The Hall–Kier alpha value is -2.12.